The average molecular weight is 191 g/mol. The average Bonchev–Trinajstić information content (AvgIpc) is 2.76. The van der Waals surface area contributed by atoms with Gasteiger partial charge in [0.25, 0.3) is 0 Å². The van der Waals surface area contributed by atoms with Crippen molar-refractivity contribution in [1.82, 2.24) is 19.3 Å². The number of aromatic nitrogens is 4. The predicted octanol–water partition coefficient (Wildman–Crippen LogP) is 1.38. The smallest absolute Gasteiger partial charge is 0.208 e. The van der Waals surface area contributed by atoms with Crippen LogP contribution in [0.2, 0.25) is 0 Å². The fourth-order valence-corrected chi connectivity index (χ4v) is 1.28. The number of anilines is 2. The largest absolute Gasteiger partial charge is 0.317 e. The van der Waals surface area contributed by atoms with Gasteiger partial charge in [-0.25, -0.2) is 4.98 Å². The summed E-state index contributed by atoms with van der Waals surface area (Å²) in [6, 6.07) is 1.91. The van der Waals surface area contributed by atoms with E-state index in [-0.39, 0.29) is 0 Å². The molecule has 2 rings (SSSR count). The highest BCUT2D eigenvalue weighted by Crippen LogP contribution is 2.11. The zero-order valence-corrected chi connectivity index (χ0v) is 8.31. The van der Waals surface area contributed by atoms with Gasteiger partial charge in [0.1, 0.15) is 0 Å². The molecule has 2 aromatic rings. The summed E-state index contributed by atoms with van der Waals surface area (Å²) in [5.41, 5.74) is 0. The maximum Gasteiger partial charge on any atom is 0.208 e. The molecule has 0 saturated heterocycles. The van der Waals surface area contributed by atoms with Crippen LogP contribution in [-0.4, -0.2) is 19.3 Å². The molecule has 0 fully saturated rings. The highest BCUT2D eigenvalue weighted by Gasteiger charge is 2.02. The van der Waals surface area contributed by atoms with Gasteiger partial charge in [-0.2, -0.15) is 5.10 Å². The molecule has 2 heterocycles. The Balaban J connectivity index is 2.18. The lowest BCUT2D eigenvalue weighted by Crippen LogP contribution is -2.02. The third-order valence-electron chi connectivity index (χ3n) is 2.01. The molecule has 2 aromatic heterocycles. The van der Waals surface area contributed by atoms with Gasteiger partial charge in [0.15, 0.2) is 5.82 Å². The molecule has 0 saturated carbocycles. The zero-order valence-electron chi connectivity index (χ0n) is 8.31. The summed E-state index contributed by atoms with van der Waals surface area (Å²) in [7, 11) is 1.89. The summed E-state index contributed by atoms with van der Waals surface area (Å²) in [5.74, 6) is 1.64. The van der Waals surface area contributed by atoms with E-state index in [4.69, 9.17) is 0 Å². The molecular formula is C9H13N5. The molecule has 0 radical (unpaired) electrons. The van der Waals surface area contributed by atoms with E-state index in [1.54, 1.807) is 10.9 Å². The van der Waals surface area contributed by atoms with E-state index in [1.807, 2.05) is 30.1 Å². The molecule has 0 unspecified atom stereocenters. The maximum absolute atomic E-state index is 4.21. The molecular weight excluding hydrogens is 178 g/mol. The number of nitrogens with zero attached hydrogens (tertiary/aromatic N) is 4. The summed E-state index contributed by atoms with van der Waals surface area (Å²) in [4.78, 5) is 4.19. The van der Waals surface area contributed by atoms with Gasteiger partial charge in [-0.05, 0) is 6.92 Å². The van der Waals surface area contributed by atoms with Crippen LogP contribution in [0.15, 0.2) is 24.7 Å². The molecule has 0 atom stereocenters. The number of nitrogens with one attached hydrogen (secondary N) is 1. The van der Waals surface area contributed by atoms with Gasteiger partial charge in [0.2, 0.25) is 5.95 Å². The van der Waals surface area contributed by atoms with Crippen molar-refractivity contribution in [2.75, 3.05) is 5.32 Å². The fourth-order valence-electron chi connectivity index (χ4n) is 1.28. The Morgan fingerprint density at radius 2 is 2.29 bits per heavy atom. The minimum Gasteiger partial charge on any atom is -0.317 e. The monoisotopic (exact) mass is 191 g/mol. The molecule has 0 aliphatic rings. The Labute approximate surface area is 82.4 Å². The van der Waals surface area contributed by atoms with E-state index in [1.165, 1.54) is 0 Å². The van der Waals surface area contributed by atoms with Crippen molar-refractivity contribution >= 4 is 11.8 Å². The number of imidazole rings is 1. The molecule has 14 heavy (non-hydrogen) atoms. The lowest BCUT2D eigenvalue weighted by Gasteiger charge is -2.04. The summed E-state index contributed by atoms with van der Waals surface area (Å²) < 4.78 is 3.77. The van der Waals surface area contributed by atoms with Crippen molar-refractivity contribution in [2.45, 2.75) is 13.5 Å². The van der Waals surface area contributed by atoms with Crippen LogP contribution in [-0.2, 0) is 13.6 Å². The topological polar surface area (TPSA) is 47.7 Å². The van der Waals surface area contributed by atoms with Crippen molar-refractivity contribution in [2.24, 2.45) is 7.05 Å². The minimum atomic E-state index is 0.813. The first-order chi connectivity index (χ1) is 6.79. The molecule has 0 bridgehead atoms. The predicted molar refractivity (Wildman–Crippen MR) is 54.4 cm³/mol. The molecule has 0 spiro atoms. The van der Waals surface area contributed by atoms with Crippen LogP contribution in [0.4, 0.5) is 11.8 Å². The Morgan fingerprint density at radius 3 is 2.93 bits per heavy atom. The SMILES string of the molecule is CCn1ccnc1Nc1ccn(C)n1. The van der Waals surface area contributed by atoms with Crippen LogP contribution in [0.5, 0.6) is 0 Å². The van der Waals surface area contributed by atoms with E-state index in [0.29, 0.717) is 0 Å². The maximum atomic E-state index is 4.21. The first-order valence-corrected chi connectivity index (χ1v) is 4.57. The highest BCUT2D eigenvalue weighted by atomic mass is 15.3. The van der Waals surface area contributed by atoms with E-state index >= 15 is 0 Å². The first kappa shape index (κ1) is 8.80. The van der Waals surface area contributed by atoms with Gasteiger partial charge >= 0.3 is 0 Å². The number of aryl methyl sites for hydroxylation is 2. The van der Waals surface area contributed by atoms with E-state index < -0.39 is 0 Å². The highest BCUT2D eigenvalue weighted by molar-refractivity contribution is 5.46. The lowest BCUT2D eigenvalue weighted by molar-refractivity contribution is 0.759. The molecule has 74 valence electrons. The number of rotatable bonds is 3. The van der Waals surface area contributed by atoms with Crippen molar-refractivity contribution in [3.05, 3.63) is 24.7 Å². The number of hydrogen-bond acceptors (Lipinski definition) is 3. The Kier molecular flexibility index (Phi) is 2.22. The Morgan fingerprint density at radius 1 is 1.43 bits per heavy atom. The van der Waals surface area contributed by atoms with Crippen LogP contribution < -0.4 is 5.32 Å². The number of hydrogen-bond donors (Lipinski definition) is 1. The third kappa shape index (κ3) is 1.61. The second-order valence-corrected chi connectivity index (χ2v) is 3.04. The molecule has 0 aliphatic carbocycles. The molecule has 0 aliphatic heterocycles. The van der Waals surface area contributed by atoms with Gasteiger partial charge in [-0.3, -0.25) is 4.68 Å². The Bertz CT molecular complexity index is 414. The van der Waals surface area contributed by atoms with E-state index in [2.05, 4.69) is 22.3 Å². The minimum absolute atomic E-state index is 0.813. The Hall–Kier alpha value is -1.78. The molecule has 5 heteroatoms. The van der Waals surface area contributed by atoms with Crippen molar-refractivity contribution < 1.29 is 0 Å². The van der Waals surface area contributed by atoms with Crippen molar-refractivity contribution in [3.8, 4) is 0 Å². The summed E-state index contributed by atoms with van der Waals surface area (Å²) in [6.45, 7) is 2.97. The normalized spacial score (nSPS) is 10.4. The third-order valence-corrected chi connectivity index (χ3v) is 2.01. The second kappa shape index (κ2) is 3.53. The quantitative estimate of drug-likeness (QED) is 0.797. The fraction of sp³-hybridized carbons (Fsp3) is 0.333. The van der Waals surface area contributed by atoms with Crippen LogP contribution in [0.1, 0.15) is 6.92 Å². The van der Waals surface area contributed by atoms with E-state index in [9.17, 15) is 0 Å². The van der Waals surface area contributed by atoms with Crippen LogP contribution in [0.25, 0.3) is 0 Å². The van der Waals surface area contributed by atoms with Gasteiger partial charge in [0, 0.05) is 38.2 Å². The molecule has 0 aromatic carbocycles. The van der Waals surface area contributed by atoms with Crippen LogP contribution in [0.3, 0.4) is 0 Å². The van der Waals surface area contributed by atoms with Gasteiger partial charge in [-0.15, -0.1) is 0 Å². The summed E-state index contributed by atoms with van der Waals surface area (Å²) in [5, 5.41) is 7.36. The summed E-state index contributed by atoms with van der Waals surface area (Å²) >= 11 is 0. The van der Waals surface area contributed by atoms with Gasteiger partial charge in [-0.1, -0.05) is 0 Å². The van der Waals surface area contributed by atoms with E-state index in [0.717, 1.165) is 18.3 Å². The van der Waals surface area contributed by atoms with Gasteiger partial charge < -0.3 is 9.88 Å². The molecule has 0 amide bonds. The van der Waals surface area contributed by atoms with Gasteiger partial charge in [0.05, 0.1) is 0 Å². The first-order valence-electron chi connectivity index (χ1n) is 4.57. The lowest BCUT2D eigenvalue weighted by atomic mass is 10.6. The standard InChI is InChI=1S/C9H13N5/c1-3-14-7-5-10-9(14)11-8-4-6-13(2)12-8/h4-7H,3H2,1-2H3,(H,10,11,12). The van der Waals surface area contributed by atoms with Crippen molar-refractivity contribution in [1.29, 1.82) is 0 Å². The van der Waals surface area contributed by atoms with Crippen LogP contribution in [0, 0.1) is 0 Å². The van der Waals surface area contributed by atoms with Crippen molar-refractivity contribution in [3.63, 3.8) is 0 Å². The molecule has 5 nitrogen and oxygen atoms in total. The summed E-state index contributed by atoms with van der Waals surface area (Å²) in [6.07, 6.45) is 5.60. The molecule has 1 N–H and O–H groups in total. The second-order valence-electron chi connectivity index (χ2n) is 3.04. The zero-order chi connectivity index (χ0) is 9.97. The van der Waals surface area contributed by atoms with Crippen LogP contribution >= 0.6 is 0 Å².